The number of hydrogen-bond acceptors (Lipinski definition) is 7. The molecule has 0 spiro atoms. The largest absolute Gasteiger partial charge is 0.353 e. The maximum Gasteiger partial charge on any atom is 0.184 e. The van der Waals surface area contributed by atoms with Gasteiger partial charge in [0, 0.05) is 48.4 Å². The second kappa shape index (κ2) is 6.58. The summed E-state index contributed by atoms with van der Waals surface area (Å²) in [5, 5.41) is 7.08. The summed E-state index contributed by atoms with van der Waals surface area (Å²) >= 11 is 1.90. The molecule has 2 aliphatic rings. The molecular weight excluding hydrogens is 382 g/mol. The van der Waals surface area contributed by atoms with Gasteiger partial charge >= 0.3 is 0 Å². The number of amidine groups is 1. The van der Waals surface area contributed by atoms with Gasteiger partial charge in [-0.05, 0) is 46.2 Å². The highest BCUT2D eigenvalue weighted by molar-refractivity contribution is 8.15. The van der Waals surface area contributed by atoms with Crippen LogP contribution in [0.1, 0.15) is 30.8 Å². The Labute approximate surface area is 175 Å². The molecule has 0 N–H and O–H groups in total. The van der Waals surface area contributed by atoms with Crippen LogP contribution in [0.4, 0.5) is 5.82 Å². The van der Waals surface area contributed by atoms with Crippen LogP contribution < -0.4 is 4.90 Å². The van der Waals surface area contributed by atoms with Crippen molar-refractivity contribution >= 4 is 39.4 Å². The Morgan fingerprint density at radius 2 is 1.62 bits per heavy atom. The highest BCUT2D eigenvalue weighted by atomic mass is 32.2. The number of anilines is 1. The Morgan fingerprint density at radius 3 is 2.31 bits per heavy atom. The van der Waals surface area contributed by atoms with E-state index in [2.05, 4.69) is 54.6 Å². The average molecular weight is 410 g/mol. The molecule has 7 nitrogen and oxygen atoms in total. The zero-order valence-electron chi connectivity index (χ0n) is 17.7. The van der Waals surface area contributed by atoms with Crippen molar-refractivity contribution in [2.45, 2.75) is 39.4 Å². The molecule has 152 valence electrons. The number of aliphatic imine (C=N–C) groups is 1. The van der Waals surface area contributed by atoms with Crippen LogP contribution in [0.2, 0.25) is 0 Å². The van der Waals surface area contributed by atoms with Crippen LogP contribution in [0.25, 0.3) is 16.7 Å². The van der Waals surface area contributed by atoms with E-state index in [-0.39, 0.29) is 4.75 Å². The van der Waals surface area contributed by atoms with Gasteiger partial charge in [-0.1, -0.05) is 11.8 Å². The van der Waals surface area contributed by atoms with Crippen LogP contribution in [0.15, 0.2) is 17.1 Å². The van der Waals surface area contributed by atoms with Crippen molar-refractivity contribution < 1.29 is 0 Å². The predicted octanol–water partition coefficient (Wildman–Crippen LogP) is 3.21. The van der Waals surface area contributed by atoms with E-state index in [0.717, 1.165) is 66.6 Å². The minimum atomic E-state index is 0.221. The predicted molar refractivity (Wildman–Crippen MR) is 120 cm³/mol. The molecule has 0 atom stereocenters. The van der Waals surface area contributed by atoms with E-state index in [1.807, 2.05) is 23.2 Å². The van der Waals surface area contributed by atoms with Gasteiger partial charge in [-0.15, -0.1) is 5.10 Å². The third kappa shape index (κ3) is 3.23. The molecule has 3 aromatic rings. The molecular formula is C21H27N7S. The fourth-order valence-electron chi connectivity index (χ4n) is 4.21. The normalized spacial score (nSPS) is 19.4. The van der Waals surface area contributed by atoms with E-state index in [1.54, 1.807) is 0 Å². The monoisotopic (exact) mass is 409 g/mol. The first-order chi connectivity index (χ1) is 13.8. The van der Waals surface area contributed by atoms with Crippen molar-refractivity contribution in [3.05, 3.63) is 29.1 Å². The van der Waals surface area contributed by atoms with Crippen LogP contribution in [-0.2, 0) is 0 Å². The average Bonchev–Trinajstić information content (AvgIpc) is 3.20. The number of aryl methyl sites for hydroxylation is 3. The van der Waals surface area contributed by atoms with Gasteiger partial charge in [-0.25, -0.2) is 9.97 Å². The van der Waals surface area contributed by atoms with Crippen molar-refractivity contribution in [2.75, 3.05) is 37.6 Å². The van der Waals surface area contributed by atoms with E-state index in [1.165, 1.54) is 10.7 Å². The highest BCUT2D eigenvalue weighted by Gasteiger charge is 2.32. The number of piperazine rings is 1. The minimum Gasteiger partial charge on any atom is -0.353 e. The number of aromatic nitrogens is 4. The van der Waals surface area contributed by atoms with Crippen molar-refractivity contribution in [3.63, 3.8) is 0 Å². The van der Waals surface area contributed by atoms with Crippen LogP contribution in [0.5, 0.6) is 0 Å². The highest BCUT2D eigenvalue weighted by Crippen LogP contribution is 2.34. The molecule has 0 unspecified atom stereocenters. The smallest absolute Gasteiger partial charge is 0.184 e. The lowest BCUT2D eigenvalue weighted by atomic mass is 10.2. The first-order valence-electron chi connectivity index (χ1n) is 10.2. The fraction of sp³-hybridized carbons (Fsp3) is 0.524. The number of rotatable bonds is 1. The van der Waals surface area contributed by atoms with Crippen molar-refractivity contribution in [3.8, 4) is 0 Å². The molecule has 29 heavy (non-hydrogen) atoms. The Kier molecular flexibility index (Phi) is 4.24. The van der Waals surface area contributed by atoms with Gasteiger partial charge in [-0.2, -0.15) is 4.52 Å². The van der Waals surface area contributed by atoms with E-state index >= 15 is 0 Å². The number of thioether (sulfide) groups is 1. The van der Waals surface area contributed by atoms with E-state index < -0.39 is 0 Å². The maximum absolute atomic E-state index is 4.83. The van der Waals surface area contributed by atoms with Crippen LogP contribution in [0, 0.1) is 20.8 Å². The topological polar surface area (TPSA) is 61.9 Å². The Bertz CT molecular complexity index is 1140. The summed E-state index contributed by atoms with van der Waals surface area (Å²) in [4.78, 5) is 19.1. The van der Waals surface area contributed by atoms with Gasteiger partial charge < -0.3 is 9.80 Å². The van der Waals surface area contributed by atoms with Crippen LogP contribution in [-0.4, -0.2) is 67.1 Å². The molecule has 2 aliphatic heterocycles. The summed E-state index contributed by atoms with van der Waals surface area (Å²) in [6, 6.07) is 4.25. The second-order valence-electron chi connectivity index (χ2n) is 8.70. The van der Waals surface area contributed by atoms with Crippen LogP contribution >= 0.6 is 11.8 Å². The molecule has 0 aromatic carbocycles. The van der Waals surface area contributed by atoms with Crippen LogP contribution in [0.3, 0.4) is 0 Å². The summed E-state index contributed by atoms with van der Waals surface area (Å²) in [7, 11) is 0. The molecule has 1 saturated heterocycles. The number of pyridine rings is 1. The maximum atomic E-state index is 4.83. The molecule has 0 bridgehead atoms. The van der Waals surface area contributed by atoms with E-state index in [4.69, 9.17) is 15.1 Å². The van der Waals surface area contributed by atoms with Gasteiger partial charge in [0.15, 0.2) is 16.5 Å². The third-order valence-electron chi connectivity index (χ3n) is 5.62. The van der Waals surface area contributed by atoms with Crippen molar-refractivity contribution in [2.24, 2.45) is 4.99 Å². The standard InChI is InChI=1S/C21H27N7S/c1-13-10-14(2)23-18-17(13)19-24-15(3)11-16(28(19)25-18)26-6-8-27(9-7-26)20-22-12-21(4,5)29-20/h10-11H,6-9,12H2,1-5H3. The third-order valence-corrected chi connectivity index (χ3v) is 6.87. The van der Waals surface area contributed by atoms with E-state index in [9.17, 15) is 0 Å². The van der Waals surface area contributed by atoms with Gasteiger partial charge in [0.05, 0.1) is 11.9 Å². The number of fused-ring (bicyclic) bond motifs is 3. The quantitative estimate of drug-likeness (QED) is 0.615. The first-order valence-corrected chi connectivity index (χ1v) is 11.0. The second-order valence-corrected chi connectivity index (χ2v) is 10.4. The lowest BCUT2D eigenvalue weighted by molar-refractivity contribution is 0.390. The zero-order chi connectivity index (χ0) is 20.3. The molecule has 8 heteroatoms. The number of nitrogens with zero attached hydrogens (tertiary/aromatic N) is 7. The van der Waals surface area contributed by atoms with Gasteiger partial charge in [-0.3, -0.25) is 4.99 Å². The lowest BCUT2D eigenvalue weighted by Gasteiger charge is -2.37. The molecule has 5 heterocycles. The summed E-state index contributed by atoms with van der Waals surface area (Å²) in [6.07, 6.45) is 0. The Balaban J connectivity index is 1.47. The Morgan fingerprint density at radius 1 is 0.931 bits per heavy atom. The summed E-state index contributed by atoms with van der Waals surface area (Å²) < 4.78 is 2.21. The van der Waals surface area contributed by atoms with E-state index in [0.29, 0.717) is 0 Å². The van der Waals surface area contributed by atoms with Crippen molar-refractivity contribution in [1.82, 2.24) is 24.5 Å². The molecule has 0 amide bonds. The molecule has 0 aliphatic carbocycles. The molecule has 5 rings (SSSR count). The Hall–Kier alpha value is -2.35. The molecule has 0 saturated carbocycles. The first kappa shape index (κ1) is 18.7. The van der Waals surface area contributed by atoms with Crippen molar-refractivity contribution in [1.29, 1.82) is 0 Å². The zero-order valence-corrected chi connectivity index (χ0v) is 18.5. The number of hydrogen-bond donors (Lipinski definition) is 0. The summed E-state index contributed by atoms with van der Waals surface area (Å²) in [5.41, 5.74) is 4.85. The molecule has 3 aromatic heterocycles. The minimum absolute atomic E-state index is 0.221. The lowest BCUT2D eigenvalue weighted by Crippen LogP contribution is -2.48. The fourth-order valence-corrected chi connectivity index (χ4v) is 5.27. The summed E-state index contributed by atoms with van der Waals surface area (Å²) in [5.74, 6) is 1.10. The van der Waals surface area contributed by atoms with Gasteiger partial charge in [0.2, 0.25) is 0 Å². The molecule has 1 fully saturated rings. The summed E-state index contributed by atoms with van der Waals surface area (Å²) in [6.45, 7) is 15.5. The molecule has 0 radical (unpaired) electrons. The van der Waals surface area contributed by atoms with Gasteiger partial charge in [0.25, 0.3) is 0 Å². The van der Waals surface area contributed by atoms with Gasteiger partial charge in [0.1, 0.15) is 5.82 Å². The SMILES string of the molecule is Cc1cc(C)c2c(n1)nn1c(N3CCN(C4=NCC(C)(C)S4)CC3)cc(C)nc21.